The van der Waals surface area contributed by atoms with Gasteiger partial charge in [-0.1, -0.05) is 12.1 Å². The zero-order valence-corrected chi connectivity index (χ0v) is 15.5. The lowest BCUT2D eigenvalue weighted by Crippen LogP contribution is -3.19. The Hall–Kier alpha value is -2.81. The van der Waals surface area contributed by atoms with E-state index in [1.54, 1.807) is 17.9 Å². The third kappa shape index (κ3) is 4.30. The predicted molar refractivity (Wildman–Crippen MR) is 95.7 cm³/mol. The average molecular weight is 377 g/mol. The van der Waals surface area contributed by atoms with Crippen LogP contribution in [-0.2, 0) is 9.59 Å². The van der Waals surface area contributed by atoms with E-state index in [9.17, 15) is 14.4 Å². The number of piperazine rings is 1. The van der Waals surface area contributed by atoms with Crippen LogP contribution in [0.15, 0.2) is 24.3 Å². The molecular formula is C18H25N4O5+. The Balaban J connectivity index is 1.51. The smallest absolute Gasteiger partial charge is 0.321 e. The lowest BCUT2D eigenvalue weighted by molar-refractivity contribution is -0.917. The fraction of sp³-hybridized carbons (Fsp3) is 0.500. The van der Waals surface area contributed by atoms with Crippen molar-refractivity contribution in [1.82, 2.24) is 15.5 Å². The van der Waals surface area contributed by atoms with E-state index < -0.39 is 12.1 Å². The van der Waals surface area contributed by atoms with Crippen molar-refractivity contribution in [2.45, 2.75) is 19.1 Å². The maximum absolute atomic E-state index is 12.7. The number of carbonyl (C=O) groups is 3. The standard InChI is InChI=1S/C18H24N4O5/c1-12(16(23)20-18(25)19-2)21-7-9-22(10-8-21)17(24)15-11-26-13-5-3-4-6-14(13)27-15/h3-6,12,15H,7-11H2,1-2H3,(H2,19,20,23,25)/p+1/t12-,15-/m1/s1. The number of hydrogen-bond donors (Lipinski definition) is 3. The van der Waals surface area contributed by atoms with Crippen LogP contribution in [0.4, 0.5) is 4.79 Å². The van der Waals surface area contributed by atoms with Gasteiger partial charge in [0.15, 0.2) is 17.5 Å². The molecule has 1 aromatic carbocycles. The molecule has 9 heteroatoms. The van der Waals surface area contributed by atoms with E-state index >= 15 is 0 Å². The van der Waals surface area contributed by atoms with Crippen LogP contribution in [0.3, 0.4) is 0 Å². The molecular weight excluding hydrogens is 352 g/mol. The minimum Gasteiger partial charge on any atom is -0.485 e. The second-order valence-corrected chi connectivity index (χ2v) is 6.64. The van der Waals surface area contributed by atoms with Gasteiger partial charge in [-0.05, 0) is 19.1 Å². The van der Waals surface area contributed by atoms with Gasteiger partial charge in [-0.2, -0.15) is 0 Å². The largest absolute Gasteiger partial charge is 0.485 e. The number of ether oxygens (including phenoxy) is 2. The Morgan fingerprint density at radius 3 is 2.52 bits per heavy atom. The van der Waals surface area contributed by atoms with Crippen molar-refractivity contribution in [1.29, 1.82) is 0 Å². The van der Waals surface area contributed by atoms with Gasteiger partial charge in [0.1, 0.15) is 6.61 Å². The van der Waals surface area contributed by atoms with Crippen LogP contribution < -0.4 is 25.0 Å². The number of benzene rings is 1. The van der Waals surface area contributed by atoms with Crippen LogP contribution in [0, 0.1) is 0 Å². The number of nitrogens with one attached hydrogen (secondary N) is 3. The van der Waals surface area contributed by atoms with Crippen molar-refractivity contribution in [2.75, 3.05) is 39.8 Å². The molecule has 0 spiro atoms. The number of hydrogen-bond acceptors (Lipinski definition) is 5. The first-order valence-electron chi connectivity index (χ1n) is 9.04. The number of carbonyl (C=O) groups excluding carboxylic acids is 3. The predicted octanol–water partition coefficient (Wildman–Crippen LogP) is -1.60. The molecule has 27 heavy (non-hydrogen) atoms. The zero-order valence-electron chi connectivity index (χ0n) is 15.5. The molecule has 0 bridgehead atoms. The van der Waals surface area contributed by atoms with Gasteiger partial charge in [0.05, 0.1) is 26.2 Å². The van der Waals surface area contributed by atoms with Gasteiger partial charge in [-0.3, -0.25) is 14.9 Å². The van der Waals surface area contributed by atoms with Crippen molar-refractivity contribution < 1.29 is 28.8 Å². The van der Waals surface area contributed by atoms with Crippen LogP contribution >= 0.6 is 0 Å². The molecule has 1 aromatic rings. The Bertz CT molecular complexity index is 717. The highest BCUT2D eigenvalue weighted by Gasteiger charge is 2.36. The van der Waals surface area contributed by atoms with E-state index in [1.165, 1.54) is 7.05 Å². The Morgan fingerprint density at radius 2 is 1.85 bits per heavy atom. The molecule has 2 aliphatic rings. The van der Waals surface area contributed by atoms with Crippen LogP contribution in [0.1, 0.15) is 6.92 Å². The Labute approximate surface area is 157 Å². The van der Waals surface area contributed by atoms with E-state index in [2.05, 4.69) is 10.6 Å². The summed E-state index contributed by atoms with van der Waals surface area (Å²) in [5.74, 6) is 0.786. The molecule has 0 unspecified atom stereocenters. The number of rotatable bonds is 3. The molecule has 2 aliphatic heterocycles. The van der Waals surface area contributed by atoms with E-state index in [-0.39, 0.29) is 24.5 Å². The van der Waals surface area contributed by atoms with Gasteiger partial charge in [0.25, 0.3) is 11.8 Å². The molecule has 146 valence electrons. The summed E-state index contributed by atoms with van der Waals surface area (Å²) in [4.78, 5) is 38.9. The monoisotopic (exact) mass is 377 g/mol. The minimum atomic E-state index is -0.657. The van der Waals surface area contributed by atoms with Gasteiger partial charge in [0.2, 0.25) is 6.10 Å². The summed E-state index contributed by atoms with van der Waals surface area (Å²) in [6.07, 6.45) is -0.657. The molecule has 0 saturated carbocycles. The molecule has 3 N–H and O–H groups in total. The number of fused-ring (bicyclic) bond motifs is 1. The number of urea groups is 1. The number of imide groups is 1. The Kier molecular flexibility index (Phi) is 5.80. The molecule has 3 rings (SSSR count). The van der Waals surface area contributed by atoms with Crippen molar-refractivity contribution in [3.63, 3.8) is 0 Å². The highest BCUT2D eigenvalue weighted by atomic mass is 16.6. The molecule has 1 saturated heterocycles. The summed E-state index contributed by atoms with van der Waals surface area (Å²) in [5, 5.41) is 4.66. The van der Waals surface area contributed by atoms with E-state index in [0.29, 0.717) is 37.7 Å². The molecule has 2 heterocycles. The van der Waals surface area contributed by atoms with Crippen LogP contribution in [0.2, 0.25) is 0 Å². The lowest BCUT2D eigenvalue weighted by Gasteiger charge is -2.36. The fourth-order valence-electron chi connectivity index (χ4n) is 3.26. The first-order valence-corrected chi connectivity index (χ1v) is 9.04. The van der Waals surface area contributed by atoms with E-state index in [1.807, 2.05) is 18.2 Å². The van der Waals surface area contributed by atoms with Gasteiger partial charge in [0, 0.05) is 7.05 Å². The van der Waals surface area contributed by atoms with Gasteiger partial charge in [-0.15, -0.1) is 0 Å². The topological polar surface area (TPSA) is 101 Å². The number of quaternary nitrogens is 1. The third-order valence-corrected chi connectivity index (χ3v) is 4.97. The van der Waals surface area contributed by atoms with Crippen molar-refractivity contribution >= 4 is 17.8 Å². The molecule has 1 fully saturated rings. The number of amides is 4. The van der Waals surface area contributed by atoms with Gasteiger partial charge in [-0.25, -0.2) is 4.79 Å². The highest BCUT2D eigenvalue weighted by molar-refractivity contribution is 5.96. The minimum absolute atomic E-state index is 0.106. The second-order valence-electron chi connectivity index (χ2n) is 6.64. The quantitative estimate of drug-likeness (QED) is 0.589. The van der Waals surface area contributed by atoms with E-state index in [4.69, 9.17) is 9.47 Å². The molecule has 9 nitrogen and oxygen atoms in total. The summed E-state index contributed by atoms with van der Waals surface area (Å²) < 4.78 is 11.4. The zero-order chi connectivity index (χ0) is 19.4. The summed E-state index contributed by atoms with van der Waals surface area (Å²) >= 11 is 0. The van der Waals surface area contributed by atoms with Crippen LogP contribution in [-0.4, -0.2) is 74.7 Å². The molecule has 0 aliphatic carbocycles. The first-order chi connectivity index (χ1) is 13.0. The molecule has 2 atom stereocenters. The van der Waals surface area contributed by atoms with Crippen molar-refractivity contribution in [3.8, 4) is 11.5 Å². The second kappa shape index (κ2) is 8.26. The highest BCUT2D eigenvalue weighted by Crippen LogP contribution is 2.31. The maximum atomic E-state index is 12.7. The van der Waals surface area contributed by atoms with Gasteiger partial charge >= 0.3 is 6.03 Å². The van der Waals surface area contributed by atoms with Crippen molar-refractivity contribution in [3.05, 3.63) is 24.3 Å². The van der Waals surface area contributed by atoms with Gasteiger partial charge < -0.3 is 24.6 Å². The molecule has 4 amide bonds. The summed E-state index contributed by atoms with van der Waals surface area (Å²) in [6, 6.07) is 6.39. The normalized spacial score (nSPS) is 20.5. The number of nitrogens with zero attached hydrogens (tertiary/aromatic N) is 1. The fourth-order valence-corrected chi connectivity index (χ4v) is 3.26. The van der Waals surface area contributed by atoms with Crippen LogP contribution in [0.5, 0.6) is 11.5 Å². The summed E-state index contributed by atoms with van der Waals surface area (Å²) in [5.41, 5.74) is 0. The summed E-state index contributed by atoms with van der Waals surface area (Å²) in [7, 11) is 1.46. The lowest BCUT2D eigenvalue weighted by atomic mass is 10.2. The Morgan fingerprint density at radius 1 is 1.19 bits per heavy atom. The molecule has 0 aromatic heterocycles. The maximum Gasteiger partial charge on any atom is 0.321 e. The van der Waals surface area contributed by atoms with Crippen LogP contribution in [0.25, 0.3) is 0 Å². The summed E-state index contributed by atoms with van der Waals surface area (Å²) in [6.45, 7) is 4.25. The number of para-hydroxylation sites is 2. The molecule has 0 radical (unpaired) electrons. The first kappa shape index (κ1) is 19.0. The SMILES string of the molecule is CNC(=O)NC(=O)[C@@H](C)[NH+]1CCN(C(=O)[C@H]2COc3ccccc3O2)CC1. The third-order valence-electron chi connectivity index (χ3n) is 4.97. The van der Waals surface area contributed by atoms with E-state index in [0.717, 1.165) is 4.90 Å². The van der Waals surface area contributed by atoms with Crippen molar-refractivity contribution in [2.24, 2.45) is 0 Å². The average Bonchev–Trinajstić information content (AvgIpc) is 2.72.